The molecule has 3 heteroatoms. The van der Waals surface area contributed by atoms with Gasteiger partial charge in [-0.1, -0.05) is 30.3 Å². The van der Waals surface area contributed by atoms with Crippen molar-refractivity contribution < 1.29 is 0 Å². The first-order chi connectivity index (χ1) is 9.31. The van der Waals surface area contributed by atoms with Gasteiger partial charge in [-0.3, -0.25) is 4.90 Å². The van der Waals surface area contributed by atoms with E-state index in [4.69, 9.17) is 0 Å². The summed E-state index contributed by atoms with van der Waals surface area (Å²) in [7, 11) is 0. The maximum atomic E-state index is 3.82. The molecule has 0 amide bonds. The van der Waals surface area contributed by atoms with Gasteiger partial charge in [-0.2, -0.15) is 11.8 Å². The molecule has 0 aliphatic carbocycles. The van der Waals surface area contributed by atoms with Gasteiger partial charge in [-0.15, -0.1) is 0 Å². The summed E-state index contributed by atoms with van der Waals surface area (Å²) in [6.07, 6.45) is 2.60. The van der Waals surface area contributed by atoms with Crippen molar-refractivity contribution in [2.75, 3.05) is 18.1 Å². The number of thioether (sulfide) groups is 1. The van der Waals surface area contributed by atoms with E-state index in [0.717, 1.165) is 18.6 Å². The Labute approximate surface area is 121 Å². The Balaban J connectivity index is 1.49. The van der Waals surface area contributed by atoms with Crippen LogP contribution < -0.4 is 5.32 Å². The van der Waals surface area contributed by atoms with Crippen molar-refractivity contribution in [2.24, 2.45) is 0 Å². The normalized spacial score (nSPS) is 29.1. The van der Waals surface area contributed by atoms with E-state index in [2.05, 4.69) is 59.2 Å². The van der Waals surface area contributed by atoms with Gasteiger partial charge in [0.05, 0.1) is 0 Å². The van der Waals surface area contributed by atoms with E-state index >= 15 is 0 Å². The molecule has 2 aliphatic heterocycles. The first-order valence-electron chi connectivity index (χ1n) is 7.43. The number of rotatable bonds is 4. The zero-order valence-corrected chi connectivity index (χ0v) is 12.5. The van der Waals surface area contributed by atoms with E-state index in [-0.39, 0.29) is 0 Å². The highest BCUT2D eigenvalue weighted by Gasteiger charge is 2.28. The second-order valence-corrected chi connectivity index (χ2v) is 7.00. The largest absolute Gasteiger partial charge is 0.309 e. The molecule has 1 aromatic carbocycles. The minimum Gasteiger partial charge on any atom is -0.309 e. The predicted octanol–water partition coefficient (Wildman–Crippen LogP) is 2.74. The smallest absolute Gasteiger partial charge is 0.0251 e. The van der Waals surface area contributed by atoms with Gasteiger partial charge in [0.2, 0.25) is 0 Å². The highest BCUT2D eigenvalue weighted by atomic mass is 32.2. The Morgan fingerprint density at radius 1 is 1.21 bits per heavy atom. The quantitative estimate of drug-likeness (QED) is 0.910. The summed E-state index contributed by atoms with van der Waals surface area (Å²) < 4.78 is 0. The fourth-order valence-corrected chi connectivity index (χ4v) is 3.75. The van der Waals surface area contributed by atoms with Crippen LogP contribution in [-0.4, -0.2) is 41.1 Å². The maximum Gasteiger partial charge on any atom is 0.0251 e. The summed E-state index contributed by atoms with van der Waals surface area (Å²) in [5.74, 6) is 2.64. The number of nitrogens with zero attached hydrogens (tertiary/aromatic N) is 1. The molecule has 2 heterocycles. The molecule has 0 spiro atoms. The standard InChI is InChI=1S/C16H24N2S/c1-13-9-15(17-16-11-19-12-16)7-8-18(13)10-14-5-3-2-4-6-14/h2-6,13,15-17H,7-12H2,1H3. The van der Waals surface area contributed by atoms with Gasteiger partial charge in [-0.05, 0) is 25.3 Å². The molecule has 3 rings (SSSR count). The van der Waals surface area contributed by atoms with Gasteiger partial charge < -0.3 is 5.32 Å². The molecule has 2 atom stereocenters. The second-order valence-electron chi connectivity index (χ2n) is 5.93. The molecule has 2 unspecified atom stereocenters. The van der Waals surface area contributed by atoms with E-state index < -0.39 is 0 Å². The summed E-state index contributed by atoms with van der Waals surface area (Å²) in [4.78, 5) is 2.63. The van der Waals surface area contributed by atoms with Crippen LogP contribution in [0.5, 0.6) is 0 Å². The zero-order valence-electron chi connectivity index (χ0n) is 11.7. The topological polar surface area (TPSA) is 15.3 Å². The van der Waals surface area contributed by atoms with Gasteiger partial charge >= 0.3 is 0 Å². The Hall–Kier alpha value is -0.510. The van der Waals surface area contributed by atoms with E-state index in [1.165, 1.54) is 36.5 Å². The number of hydrogen-bond acceptors (Lipinski definition) is 3. The second kappa shape index (κ2) is 6.29. The summed E-state index contributed by atoms with van der Waals surface area (Å²) in [6.45, 7) is 4.72. The lowest BCUT2D eigenvalue weighted by atomic mass is 9.97. The van der Waals surface area contributed by atoms with Crippen LogP contribution in [0.15, 0.2) is 30.3 Å². The molecule has 104 valence electrons. The summed E-state index contributed by atoms with van der Waals surface area (Å²) >= 11 is 2.06. The third-order valence-electron chi connectivity index (χ3n) is 4.35. The lowest BCUT2D eigenvalue weighted by Gasteiger charge is -2.40. The van der Waals surface area contributed by atoms with E-state index in [9.17, 15) is 0 Å². The molecule has 0 radical (unpaired) electrons. The molecule has 1 aromatic rings. The summed E-state index contributed by atoms with van der Waals surface area (Å²) in [6, 6.07) is 13.1. The number of hydrogen-bond donors (Lipinski definition) is 1. The van der Waals surface area contributed by atoms with Crippen LogP contribution in [0.3, 0.4) is 0 Å². The van der Waals surface area contributed by atoms with Crippen LogP contribution in [0, 0.1) is 0 Å². The van der Waals surface area contributed by atoms with Crippen LogP contribution in [0.25, 0.3) is 0 Å². The minimum atomic E-state index is 0.694. The van der Waals surface area contributed by atoms with Gasteiger partial charge in [0.25, 0.3) is 0 Å². The lowest BCUT2D eigenvalue weighted by molar-refractivity contribution is 0.125. The highest BCUT2D eigenvalue weighted by Crippen LogP contribution is 2.23. The van der Waals surface area contributed by atoms with Crippen molar-refractivity contribution in [3.05, 3.63) is 35.9 Å². The molecule has 2 nitrogen and oxygen atoms in total. The third kappa shape index (κ3) is 3.53. The van der Waals surface area contributed by atoms with E-state index in [1.807, 2.05) is 0 Å². The molecule has 0 saturated carbocycles. The van der Waals surface area contributed by atoms with Crippen LogP contribution in [0.4, 0.5) is 0 Å². The van der Waals surface area contributed by atoms with Crippen molar-refractivity contribution in [1.29, 1.82) is 0 Å². The number of nitrogens with one attached hydrogen (secondary N) is 1. The third-order valence-corrected chi connectivity index (χ3v) is 5.63. The predicted molar refractivity (Wildman–Crippen MR) is 83.6 cm³/mol. The molecule has 1 N–H and O–H groups in total. The average Bonchev–Trinajstić information content (AvgIpc) is 2.38. The molecule has 19 heavy (non-hydrogen) atoms. The summed E-state index contributed by atoms with van der Waals surface area (Å²) in [5, 5.41) is 3.82. The number of likely N-dealkylation sites (tertiary alicyclic amines) is 1. The monoisotopic (exact) mass is 276 g/mol. The highest BCUT2D eigenvalue weighted by molar-refractivity contribution is 8.00. The first-order valence-corrected chi connectivity index (χ1v) is 8.58. The van der Waals surface area contributed by atoms with E-state index in [1.54, 1.807) is 0 Å². The van der Waals surface area contributed by atoms with Gasteiger partial charge in [-0.25, -0.2) is 0 Å². The zero-order chi connectivity index (χ0) is 13.1. The Morgan fingerprint density at radius 2 is 2.00 bits per heavy atom. The van der Waals surface area contributed by atoms with Crippen LogP contribution in [0.2, 0.25) is 0 Å². The molecule has 0 aromatic heterocycles. The van der Waals surface area contributed by atoms with Crippen LogP contribution in [0.1, 0.15) is 25.3 Å². The fraction of sp³-hybridized carbons (Fsp3) is 0.625. The molecule has 2 aliphatic rings. The Bertz CT molecular complexity index is 391. The molecule has 0 bridgehead atoms. The van der Waals surface area contributed by atoms with Gasteiger partial charge in [0.1, 0.15) is 0 Å². The van der Waals surface area contributed by atoms with Crippen molar-refractivity contribution in [2.45, 2.75) is 44.4 Å². The number of piperidine rings is 1. The first kappa shape index (κ1) is 13.5. The minimum absolute atomic E-state index is 0.694. The van der Waals surface area contributed by atoms with Crippen molar-refractivity contribution in [3.63, 3.8) is 0 Å². The fourth-order valence-electron chi connectivity index (χ4n) is 3.09. The van der Waals surface area contributed by atoms with E-state index in [0.29, 0.717) is 6.04 Å². The number of benzene rings is 1. The summed E-state index contributed by atoms with van der Waals surface area (Å²) in [5.41, 5.74) is 1.44. The molecular weight excluding hydrogens is 252 g/mol. The molecule has 2 saturated heterocycles. The Morgan fingerprint density at radius 3 is 2.63 bits per heavy atom. The maximum absolute atomic E-state index is 3.82. The SMILES string of the molecule is CC1CC(NC2CSC2)CCN1Cc1ccccc1. The Kier molecular flexibility index (Phi) is 4.46. The lowest BCUT2D eigenvalue weighted by Crippen LogP contribution is -2.52. The van der Waals surface area contributed by atoms with Gasteiger partial charge in [0.15, 0.2) is 0 Å². The van der Waals surface area contributed by atoms with Crippen LogP contribution >= 0.6 is 11.8 Å². The molecular formula is C16H24N2S. The van der Waals surface area contributed by atoms with Gasteiger partial charge in [0, 0.05) is 42.7 Å². The molecule has 2 fully saturated rings. The average molecular weight is 276 g/mol. The van der Waals surface area contributed by atoms with Crippen molar-refractivity contribution >= 4 is 11.8 Å². The van der Waals surface area contributed by atoms with Crippen molar-refractivity contribution in [3.8, 4) is 0 Å². The van der Waals surface area contributed by atoms with Crippen LogP contribution in [-0.2, 0) is 6.54 Å². The van der Waals surface area contributed by atoms with Crippen molar-refractivity contribution in [1.82, 2.24) is 10.2 Å².